The second-order valence-electron chi connectivity index (χ2n) is 5.45. The van der Waals surface area contributed by atoms with Gasteiger partial charge in [0.15, 0.2) is 17.5 Å². The van der Waals surface area contributed by atoms with Crippen molar-refractivity contribution < 1.29 is 13.9 Å². The van der Waals surface area contributed by atoms with E-state index < -0.39 is 0 Å². The summed E-state index contributed by atoms with van der Waals surface area (Å²) >= 11 is 0. The van der Waals surface area contributed by atoms with Crippen molar-refractivity contribution >= 4 is 29.9 Å². The molecule has 0 radical (unpaired) electrons. The summed E-state index contributed by atoms with van der Waals surface area (Å²) in [4.78, 5) is 8.96. The number of methoxy groups -OCH3 is 2. The molecule has 1 heterocycles. The first-order chi connectivity index (χ1) is 12.1. The van der Waals surface area contributed by atoms with Crippen LogP contribution >= 0.6 is 24.0 Å². The number of aryl methyl sites for hydroxylation is 2. The van der Waals surface area contributed by atoms with E-state index in [0.29, 0.717) is 36.4 Å². The van der Waals surface area contributed by atoms with Gasteiger partial charge < -0.3 is 24.5 Å². The number of halogens is 1. The number of ether oxygens (including phenoxy) is 2. The molecule has 7 nitrogen and oxygen atoms in total. The Kier molecular flexibility index (Phi) is 9.25. The Morgan fingerprint density at radius 1 is 1.19 bits per heavy atom. The van der Waals surface area contributed by atoms with E-state index in [4.69, 9.17) is 13.9 Å². The number of nitrogens with one attached hydrogen (secondary N) is 2. The molecule has 0 bridgehead atoms. The lowest BCUT2D eigenvalue weighted by Gasteiger charge is -2.13. The van der Waals surface area contributed by atoms with Crippen LogP contribution in [-0.4, -0.2) is 31.7 Å². The third-order valence-corrected chi connectivity index (χ3v) is 3.72. The number of hydrogen-bond acceptors (Lipinski definition) is 5. The van der Waals surface area contributed by atoms with Gasteiger partial charge in [0.25, 0.3) is 0 Å². The predicted molar refractivity (Wildman–Crippen MR) is 113 cm³/mol. The number of nitrogens with zero attached hydrogens (tertiary/aromatic N) is 2. The summed E-state index contributed by atoms with van der Waals surface area (Å²) in [5, 5.41) is 6.43. The minimum atomic E-state index is 0. The fourth-order valence-corrected chi connectivity index (χ4v) is 2.36. The Bertz CT molecular complexity index is 712. The van der Waals surface area contributed by atoms with Gasteiger partial charge in [-0.3, -0.25) is 0 Å². The second kappa shape index (κ2) is 10.9. The highest BCUT2D eigenvalue weighted by Crippen LogP contribution is 2.31. The zero-order valence-corrected chi connectivity index (χ0v) is 18.2. The molecule has 144 valence electrons. The second-order valence-corrected chi connectivity index (χ2v) is 5.45. The van der Waals surface area contributed by atoms with Gasteiger partial charge in [0.05, 0.1) is 33.0 Å². The van der Waals surface area contributed by atoms with Crippen LogP contribution in [-0.2, 0) is 13.1 Å². The summed E-state index contributed by atoms with van der Waals surface area (Å²) in [6.07, 6.45) is 0. The van der Waals surface area contributed by atoms with E-state index >= 15 is 0 Å². The van der Waals surface area contributed by atoms with Gasteiger partial charge in [-0.25, -0.2) is 9.98 Å². The monoisotopic (exact) mass is 474 g/mol. The number of para-hydroxylation sites is 1. The van der Waals surface area contributed by atoms with Crippen LogP contribution in [0.5, 0.6) is 11.5 Å². The topological polar surface area (TPSA) is 80.9 Å². The first kappa shape index (κ1) is 22.1. The molecule has 26 heavy (non-hydrogen) atoms. The third-order valence-electron chi connectivity index (χ3n) is 3.72. The fraction of sp³-hybridized carbons (Fsp3) is 0.444. The van der Waals surface area contributed by atoms with E-state index in [1.807, 2.05) is 39.0 Å². The summed E-state index contributed by atoms with van der Waals surface area (Å²) in [6.45, 7) is 7.53. The Balaban J connectivity index is 0.00000338. The number of aromatic nitrogens is 1. The van der Waals surface area contributed by atoms with E-state index in [9.17, 15) is 0 Å². The van der Waals surface area contributed by atoms with E-state index in [0.717, 1.165) is 23.6 Å². The Morgan fingerprint density at radius 2 is 1.96 bits per heavy atom. The summed E-state index contributed by atoms with van der Waals surface area (Å²) in [7, 11) is 3.25. The number of rotatable bonds is 7. The minimum Gasteiger partial charge on any atom is -0.493 e. The van der Waals surface area contributed by atoms with Gasteiger partial charge in [0.1, 0.15) is 5.76 Å². The van der Waals surface area contributed by atoms with Crippen LogP contribution in [0.15, 0.2) is 27.6 Å². The van der Waals surface area contributed by atoms with E-state index in [1.54, 1.807) is 14.2 Å². The lowest BCUT2D eigenvalue weighted by molar-refractivity contribution is 0.352. The molecule has 0 aliphatic carbocycles. The predicted octanol–water partition coefficient (Wildman–Crippen LogP) is 3.18. The number of oxazole rings is 1. The van der Waals surface area contributed by atoms with Crippen LogP contribution in [0.2, 0.25) is 0 Å². The molecule has 0 unspecified atom stereocenters. The molecule has 0 fully saturated rings. The summed E-state index contributed by atoms with van der Waals surface area (Å²) in [5.74, 6) is 3.54. The molecular weight excluding hydrogens is 447 g/mol. The molecule has 0 saturated carbocycles. The van der Waals surface area contributed by atoms with Crippen molar-refractivity contribution in [3.05, 3.63) is 41.1 Å². The Labute approximate surface area is 171 Å². The molecule has 0 aliphatic rings. The minimum absolute atomic E-state index is 0. The first-order valence-electron chi connectivity index (χ1n) is 8.24. The molecule has 0 saturated heterocycles. The molecule has 0 atom stereocenters. The maximum Gasteiger partial charge on any atom is 0.214 e. The average molecular weight is 474 g/mol. The van der Waals surface area contributed by atoms with Crippen LogP contribution in [0.1, 0.15) is 29.8 Å². The number of benzene rings is 1. The molecule has 2 N–H and O–H groups in total. The van der Waals surface area contributed by atoms with Gasteiger partial charge in [0, 0.05) is 12.1 Å². The summed E-state index contributed by atoms with van der Waals surface area (Å²) in [6, 6.07) is 5.75. The molecule has 0 spiro atoms. The summed E-state index contributed by atoms with van der Waals surface area (Å²) in [5.41, 5.74) is 1.85. The summed E-state index contributed by atoms with van der Waals surface area (Å²) < 4.78 is 16.3. The normalized spacial score (nSPS) is 10.9. The maximum absolute atomic E-state index is 5.58. The SMILES string of the molecule is CCNC(=NCc1cccc(OC)c1OC)NCc1nc(C)c(C)o1.I. The highest BCUT2D eigenvalue weighted by molar-refractivity contribution is 14.0. The van der Waals surface area contributed by atoms with Crippen molar-refractivity contribution in [2.45, 2.75) is 33.9 Å². The van der Waals surface area contributed by atoms with Crippen molar-refractivity contribution in [3.8, 4) is 11.5 Å². The largest absolute Gasteiger partial charge is 0.493 e. The van der Waals surface area contributed by atoms with E-state index in [1.165, 1.54) is 0 Å². The van der Waals surface area contributed by atoms with Crippen LogP contribution < -0.4 is 20.1 Å². The first-order valence-corrected chi connectivity index (χ1v) is 8.24. The number of guanidine groups is 1. The van der Waals surface area contributed by atoms with E-state index in [-0.39, 0.29) is 24.0 Å². The lowest BCUT2D eigenvalue weighted by atomic mass is 10.2. The van der Waals surface area contributed by atoms with Crippen molar-refractivity contribution in [2.75, 3.05) is 20.8 Å². The molecule has 2 aromatic rings. The van der Waals surface area contributed by atoms with Gasteiger partial charge in [0.2, 0.25) is 5.89 Å². The highest BCUT2D eigenvalue weighted by Gasteiger charge is 2.10. The zero-order valence-electron chi connectivity index (χ0n) is 15.9. The Morgan fingerprint density at radius 3 is 2.54 bits per heavy atom. The number of aliphatic imine (C=N–C) groups is 1. The van der Waals surface area contributed by atoms with Crippen molar-refractivity contribution in [3.63, 3.8) is 0 Å². The van der Waals surface area contributed by atoms with Crippen LogP contribution in [0.3, 0.4) is 0 Å². The standard InChI is InChI=1S/C18H26N4O3.HI/c1-6-19-18(21-11-16-22-12(2)13(3)25-16)20-10-14-8-7-9-15(23-4)17(14)24-5;/h7-9H,6,10-11H2,1-5H3,(H2,19,20,21);1H. The fourth-order valence-electron chi connectivity index (χ4n) is 2.36. The molecule has 0 aliphatic heterocycles. The molecule has 0 amide bonds. The van der Waals surface area contributed by atoms with Crippen molar-refractivity contribution in [1.29, 1.82) is 0 Å². The van der Waals surface area contributed by atoms with Crippen LogP contribution in [0, 0.1) is 13.8 Å². The van der Waals surface area contributed by atoms with Gasteiger partial charge in [-0.15, -0.1) is 24.0 Å². The highest BCUT2D eigenvalue weighted by atomic mass is 127. The van der Waals surface area contributed by atoms with Crippen molar-refractivity contribution in [1.82, 2.24) is 15.6 Å². The smallest absolute Gasteiger partial charge is 0.214 e. The van der Waals surface area contributed by atoms with Crippen LogP contribution in [0.4, 0.5) is 0 Å². The van der Waals surface area contributed by atoms with Crippen molar-refractivity contribution in [2.24, 2.45) is 4.99 Å². The zero-order chi connectivity index (χ0) is 18.2. The van der Waals surface area contributed by atoms with Gasteiger partial charge >= 0.3 is 0 Å². The van der Waals surface area contributed by atoms with Gasteiger partial charge in [-0.1, -0.05) is 12.1 Å². The molecular formula is C18H27IN4O3. The molecule has 8 heteroatoms. The molecule has 1 aromatic heterocycles. The van der Waals surface area contributed by atoms with Gasteiger partial charge in [-0.2, -0.15) is 0 Å². The van der Waals surface area contributed by atoms with Gasteiger partial charge in [-0.05, 0) is 26.8 Å². The maximum atomic E-state index is 5.58. The van der Waals surface area contributed by atoms with Crippen LogP contribution in [0.25, 0.3) is 0 Å². The number of hydrogen-bond donors (Lipinski definition) is 2. The molecule has 2 rings (SSSR count). The quantitative estimate of drug-likeness (QED) is 0.365. The lowest BCUT2D eigenvalue weighted by Crippen LogP contribution is -2.36. The third kappa shape index (κ3) is 5.79. The average Bonchev–Trinajstić information content (AvgIpc) is 2.94. The van der Waals surface area contributed by atoms with E-state index in [2.05, 4.69) is 20.6 Å². The Hall–Kier alpha value is -1.97. The molecule has 1 aromatic carbocycles.